The molecule has 2 aliphatic rings. The lowest BCUT2D eigenvalue weighted by Gasteiger charge is -2.28. The number of Topliss-reactive ketones (excluding diaryl/α,β-unsaturated/α-hetero) is 1. The number of benzene rings is 1. The molecular formula is C28H30N4O7. The van der Waals surface area contributed by atoms with Crippen molar-refractivity contribution in [2.24, 2.45) is 5.92 Å². The monoisotopic (exact) mass is 534 g/mol. The van der Waals surface area contributed by atoms with E-state index >= 15 is 0 Å². The van der Waals surface area contributed by atoms with Crippen LogP contribution >= 0.6 is 0 Å². The van der Waals surface area contributed by atoms with Gasteiger partial charge in [0.2, 0.25) is 5.91 Å². The van der Waals surface area contributed by atoms with E-state index in [2.05, 4.69) is 10.3 Å². The van der Waals surface area contributed by atoms with Crippen LogP contribution < -0.4 is 14.8 Å². The van der Waals surface area contributed by atoms with Crippen LogP contribution in [0.25, 0.3) is 11.0 Å². The zero-order valence-corrected chi connectivity index (χ0v) is 22.0. The van der Waals surface area contributed by atoms with Crippen LogP contribution in [-0.4, -0.2) is 76.8 Å². The smallest absolute Gasteiger partial charge is 0.415 e. The number of hydrogen-bond acceptors (Lipinski definition) is 8. The van der Waals surface area contributed by atoms with Gasteiger partial charge in [0.25, 0.3) is 11.9 Å². The first-order valence-electron chi connectivity index (χ1n) is 12.9. The molecule has 4 heterocycles. The molecule has 2 fully saturated rings. The number of aromatic nitrogens is 1. The second-order valence-corrected chi connectivity index (χ2v) is 10.1. The molecule has 11 nitrogen and oxygen atoms in total. The lowest BCUT2D eigenvalue weighted by Crippen LogP contribution is -2.53. The van der Waals surface area contributed by atoms with Crippen molar-refractivity contribution in [2.45, 2.75) is 44.8 Å². The van der Waals surface area contributed by atoms with Crippen molar-refractivity contribution in [1.82, 2.24) is 20.1 Å². The Bertz CT molecular complexity index is 1400. The number of para-hydroxylation sites is 1. The number of methoxy groups -OCH3 is 1. The maximum atomic E-state index is 13.7. The van der Waals surface area contributed by atoms with E-state index in [0.29, 0.717) is 36.1 Å². The average molecular weight is 535 g/mol. The molecule has 3 amide bonds. The number of likely N-dealkylation sites (tertiary alicyclic amines) is 2. The van der Waals surface area contributed by atoms with Gasteiger partial charge in [0.1, 0.15) is 17.8 Å². The number of rotatable bonds is 7. The van der Waals surface area contributed by atoms with Crippen molar-refractivity contribution in [1.29, 1.82) is 0 Å². The quantitative estimate of drug-likeness (QED) is 0.489. The predicted molar refractivity (Wildman–Crippen MR) is 139 cm³/mol. The van der Waals surface area contributed by atoms with E-state index in [1.165, 1.54) is 23.1 Å². The molecule has 39 heavy (non-hydrogen) atoms. The Morgan fingerprint density at radius 3 is 2.69 bits per heavy atom. The van der Waals surface area contributed by atoms with Gasteiger partial charge in [0.15, 0.2) is 17.1 Å². The van der Waals surface area contributed by atoms with Crippen LogP contribution in [0.15, 0.2) is 53.1 Å². The third-order valence-electron chi connectivity index (χ3n) is 7.05. The summed E-state index contributed by atoms with van der Waals surface area (Å²) in [4.78, 5) is 59.6. The molecule has 0 saturated carbocycles. The summed E-state index contributed by atoms with van der Waals surface area (Å²) in [7, 11) is 1.51. The van der Waals surface area contributed by atoms with Gasteiger partial charge >= 0.3 is 6.09 Å². The van der Waals surface area contributed by atoms with E-state index in [1.807, 2.05) is 13.8 Å². The van der Waals surface area contributed by atoms with Gasteiger partial charge in [-0.05, 0) is 37.0 Å². The number of hydrogen-bond donors (Lipinski definition) is 1. The van der Waals surface area contributed by atoms with Crippen molar-refractivity contribution < 1.29 is 33.1 Å². The van der Waals surface area contributed by atoms with Crippen LogP contribution in [0.1, 0.15) is 37.2 Å². The lowest BCUT2D eigenvalue weighted by atomic mass is 10.0. The first-order valence-corrected chi connectivity index (χ1v) is 12.9. The highest BCUT2D eigenvalue weighted by atomic mass is 16.6. The largest absolute Gasteiger partial charge is 0.493 e. The van der Waals surface area contributed by atoms with Gasteiger partial charge in [-0.3, -0.25) is 19.4 Å². The summed E-state index contributed by atoms with van der Waals surface area (Å²) in [5.41, 5.74) is 0.686. The van der Waals surface area contributed by atoms with Gasteiger partial charge in [-0.15, -0.1) is 0 Å². The number of carbonyl (C=O) groups is 4. The zero-order chi connectivity index (χ0) is 27.7. The molecule has 204 valence electrons. The van der Waals surface area contributed by atoms with Crippen molar-refractivity contribution in [3.05, 3.63) is 54.4 Å². The van der Waals surface area contributed by atoms with Crippen molar-refractivity contribution in [3.8, 4) is 11.7 Å². The van der Waals surface area contributed by atoms with E-state index in [4.69, 9.17) is 13.9 Å². The fourth-order valence-corrected chi connectivity index (χ4v) is 5.36. The van der Waals surface area contributed by atoms with E-state index in [1.54, 1.807) is 42.5 Å². The van der Waals surface area contributed by atoms with Crippen molar-refractivity contribution >= 4 is 34.7 Å². The van der Waals surface area contributed by atoms with Crippen LogP contribution in [-0.2, 0) is 9.59 Å². The summed E-state index contributed by atoms with van der Waals surface area (Å²) < 4.78 is 16.3. The number of pyridine rings is 1. The Morgan fingerprint density at radius 1 is 1.15 bits per heavy atom. The summed E-state index contributed by atoms with van der Waals surface area (Å²) in [6, 6.07) is 9.77. The van der Waals surface area contributed by atoms with Crippen LogP contribution in [0.5, 0.6) is 11.7 Å². The fourth-order valence-electron chi connectivity index (χ4n) is 5.36. The molecule has 5 rings (SSSR count). The standard InChI is InChI=1S/C28H30N4O7/c1-16(2)13-19(30-28(36)39-23-14-17-7-6-9-22(37-3)25(17)38-23)27(35)31-12-10-20-24(31)21(33)15-32(20)26(34)18-8-4-5-11-29-18/h4-9,11,14,16,19-20,24H,10,12-13,15H2,1-3H3,(H,30,36). The third-order valence-corrected chi connectivity index (χ3v) is 7.05. The van der Waals surface area contributed by atoms with Crippen molar-refractivity contribution in [2.75, 3.05) is 20.2 Å². The number of ketones is 1. The summed E-state index contributed by atoms with van der Waals surface area (Å²) in [6.45, 7) is 4.06. The molecule has 0 radical (unpaired) electrons. The Labute approximate surface area is 225 Å². The number of amides is 3. The van der Waals surface area contributed by atoms with Gasteiger partial charge in [-0.2, -0.15) is 0 Å². The van der Waals surface area contributed by atoms with Crippen LogP contribution in [0.2, 0.25) is 0 Å². The highest BCUT2D eigenvalue weighted by molar-refractivity contribution is 6.02. The highest BCUT2D eigenvalue weighted by Crippen LogP contribution is 2.33. The second kappa shape index (κ2) is 10.8. The molecule has 2 saturated heterocycles. The molecule has 3 unspecified atom stereocenters. The number of fused-ring (bicyclic) bond motifs is 2. The third kappa shape index (κ3) is 5.16. The number of nitrogens with one attached hydrogen (secondary N) is 1. The molecule has 3 aromatic rings. The molecule has 0 aliphatic carbocycles. The summed E-state index contributed by atoms with van der Waals surface area (Å²) >= 11 is 0. The maximum absolute atomic E-state index is 13.7. The minimum atomic E-state index is -0.927. The molecule has 0 spiro atoms. The Hall–Kier alpha value is -4.41. The Kier molecular flexibility index (Phi) is 7.23. The van der Waals surface area contributed by atoms with Gasteiger partial charge in [0.05, 0.1) is 19.7 Å². The normalized spacial score (nSPS) is 19.3. The minimum absolute atomic E-state index is 0.0429. The van der Waals surface area contributed by atoms with Gasteiger partial charge in [0, 0.05) is 24.2 Å². The van der Waals surface area contributed by atoms with Gasteiger partial charge in [-0.1, -0.05) is 32.0 Å². The van der Waals surface area contributed by atoms with E-state index in [-0.39, 0.29) is 41.7 Å². The molecule has 0 bridgehead atoms. The summed E-state index contributed by atoms with van der Waals surface area (Å²) in [5.74, 6) is -0.421. The summed E-state index contributed by atoms with van der Waals surface area (Å²) in [6.07, 6.45) is 1.46. The fraction of sp³-hybridized carbons (Fsp3) is 0.393. The molecule has 3 atom stereocenters. The first kappa shape index (κ1) is 26.2. The number of furan rings is 1. The Balaban J connectivity index is 1.29. The van der Waals surface area contributed by atoms with Crippen LogP contribution in [0.4, 0.5) is 4.79 Å². The number of carbonyl (C=O) groups excluding carboxylic acids is 4. The SMILES string of the molecule is COc1cccc2cc(OC(=O)NC(CC(C)C)C(=O)N3CCC4C3C(=O)CN4C(=O)c3ccccn3)oc12. The highest BCUT2D eigenvalue weighted by Gasteiger charge is 2.52. The minimum Gasteiger partial charge on any atom is -0.493 e. The van der Waals surface area contributed by atoms with E-state index in [9.17, 15) is 19.2 Å². The van der Waals surface area contributed by atoms with Gasteiger partial charge < -0.3 is 29.0 Å². The average Bonchev–Trinajstić information content (AvgIpc) is 3.62. The maximum Gasteiger partial charge on any atom is 0.415 e. The zero-order valence-electron chi connectivity index (χ0n) is 22.0. The predicted octanol–water partition coefficient (Wildman–Crippen LogP) is 3.03. The number of ether oxygens (including phenoxy) is 2. The molecule has 1 N–H and O–H groups in total. The molecule has 2 aromatic heterocycles. The molecule has 2 aliphatic heterocycles. The lowest BCUT2D eigenvalue weighted by molar-refractivity contribution is -0.138. The Morgan fingerprint density at radius 2 is 1.97 bits per heavy atom. The van der Waals surface area contributed by atoms with E-state index < -0.39 is 24.2 Å². The van der Waals surface area contributed by atoms with Crippen LogP contribution in [0.3, 0.4) is 0 Å². The van der Waals surface area contributed by atoms with E-state index in [0.717, 1.165) is 0 Å². The van der Waals surface area contributed by atoms with Crippen LogP contribution in [0, 0.1) is 5.92 Å². The van der Waals surface area contributed by atoms with Crippen molar-refractivity contribution in [3.63, 3.8) is 0 Å². The molecule has 11 heteroatoms. The summed E-state index contributed by atoms with van der Waals surface area (Å²) in [5, 5.41) is 3.35. The molecule has 1 aromatic carbocycles. The first-order chi connectivity index (χ1) is 18.8. The number of nitrogens with zero attached hydrogens (tertiary/aromatic N) is 3. The topological polar surface area (TPSA) is 131 Å². The van der Waals surface area contributed by atoms with Gasteiger partial charge in [-0.25, -0.2) is 4.79 Å². The molecular weight excluding hydrogens is 504 g/mol. The second-order valence-electron chi connectivity index (χ2n) is 10.1.